The molecule has 1 amide bonds. The van der Waals surface area contributed by atoms with Gasteiger partial charge in [0.1, 0.15) is 11.6 Å². The van der Waals surface area contributed by atoms with Gasteiger partial charge in [-0.25, -0.2) is 17.2 Å². The molecule has 9 heteroatoms. The van der Waals surface area contributed by atoms with E-state index in [-0.39, 0.29) is 16.1 Å². The largest absolute Gasteiger partial charge is 0.385 e. The predicted octanol–water partition coefficient (Wildman–Crippen LogP) is 2.53. The molecule has 6 nitrogen and oxygen atoms in total. The minimum Gasteiger partial charge on any atom is -0.385 e. The molecule has 0 atom stereocenters. The van der Waals surface area contributed by atoms with Crippen LogP contribution in [0.5, 0.6) is 0 Å². The summed E-state index contributed by atoms with van der Waals surface area (Å²) in [6.45, 7) is 0.866. The van der Waals surface area contributed by atoms with E-state index in [1.165, 1.54) is 24.3 Å². The summed E-state index contributed by atoms with van der Waals surface area (Å²) in [6.07, 6.45) is 0.617. The number of carbonyl (C=O) groups is 1. The molecule has 0 radical (unpaired) electrons. The van der Waals surface area contributed by atoms with E-state index in [2.05, 4.69) is 5.32 Å². The number of halogens is 2. The molecule has 140 valence electrons. The molecule has 0 spiro atoms. The quantitative estimate of drug-likeness (QED) is 0.685. The van der Waals surface area contributed by atoms with Crippen LogP contribution in [0.3, 0.4) is 0 Å². The Morgan fingerprint density at radius 1 is 1.15 bits per heavy atom. The number of hydrogen-bond donors (Lipinski definition) is 2. The number of ether oxygens (including phenoxy) is 1. The Balaban J connectivity index is 2.15. The number of benzene rings is 2. The molecule has 26 heavy (non-hydrogen) atoms. The maximum absolute atomic E-state index is 13.7. The van der Waals surface area contributed by atoms with Gasteiger partial charge in [-0.1, -0.05) is 6.07 Å². The van der Waals surface area contributed by atoms with Crippen molar-refractivity contribution in [2.45, 2.75) is 11.3 Å². The van der Waals surface area contributed by atoms with Gasteiger partial charge in [-0.15, -0.1) is 0 Å². The van der Waals surface area contributed by atoms with Gasteiger partial charge in [0.25, 0.3) is 15.9 Å². The summed E-state index contributed by atoms with van der Waals surface area (Å²) in [4.78, 5) is 11.9. The van der Waals surface area contributed by atoms with Gasteiger partial charge in [-0.3, -0.25) is 9.52 Å². The zero-order valence-electron chi connectivity index (χ0n) is 14.0. The summed E-state index contributed by atoms with van der Waals surface area (Å²) in [7, 11) is -2.60. The maximum atomic E-state index is 13.7. The fraction of sp³-hybridized carbons (Fsp3) is 0.235. The van der Waals surface area contributed by atoms with Crippen molar-refractivity contribution in [2.75, 3.05) is 25.0 Å². The smallest absolute Gasteiger partial charge is 0.262 e. The predicted molar refractivity (Wildman–Crippen MR) is 92.4 cm³/mol. The average Bonchev–Trinajstić information content (AvgIpc) is 2.61. The molecule has 0 saturated heterocycles. The number of anilines is 1. The van der Waals surface area contributed by atoms with Gasteiger partial charge in [-0.05, 0) is 36.8 Å². The Labute approximate surface area is 150 Å². The van der Waals surface area contributed by atoms with Crippen molar-refractivity contribution < 1.29 is 26.7 Å². The lowest BCUT2D eigenvalue weighted by Gasteiger charge is -2.10. The standard InChI is InChI=1S/C17H18F2N2O4S/c1-25-9-3-8-20-17(22)12-4-2-5-14(10-12)26(23,24)21-16-7-6-13(18)11-15(16)19/h2,4-7,10-11,21H,3,8-9H2,1H3,(H,20,22). The Hall–Kier alpha value is -2.52. The molecular formula is C17H18F2N2O4S. The van der Waals surface area contributed by atoms with Crippen molar-refractivity contribution in [1.29, 1.82) is 0 Å². The number of hydrogen-bond acceptors (Lipinski definition) is 4. The highest BCUT2D eigenvalue weighted by molar-refractivity contribution is 7.92. The maximum Gasteiger partial charge on any atom is 0.262 e. The number of sulfonamides is 1. The van der Waals surface area contributed by atoms with Gasteiger partial charge in [0, 0.05) is 31.9 Å². The first-order valence-corrected chi connectivity index (χ1v) is 9.17. The van der Waals surface area contributed by atoms with Crippen LogP contribution in [0.25, 0.3) is 0 Å². The zero-order valence-corrected chi connectivity index (χ0v) is 14.8. The second-order valence-corrected chi connectivity index (χ2v) is 7.04. The van der Waals surface area contributed by atoms with Crippen molar-refractivity contribution in [2.24, 2.45) is 0 Å². The van der Waals surface area contributed by atoms with Gasteiger partial charge in [0.15, 0.2) is 0 Å². The Bertz CT molecular complexity index is 888. The molecule has 2 aromatic carbocycles. The zero-order chi connectivity index (χ0) is 19.2. The highest BCUT2D eigenvalue weighted by Crippen LogP contribution is 2.20. The molecule has 0 heterocycles. The Kier molecular flexibility index (Phi) is 6.64. The Morgan fingerprint density at radius 2 is 1.92 bits per heavy atom. The van der Waals surface area contributed by atoms with Crippen LogP contribution in [0, 0.1) is 11.6 Å². The van der Waals surface area contributed by atoms with E-state index in [1.807, 2.05) is 4.72 Å². The third-order valence-electron chi connectivity index (χ3n) is 3.39. The number of methoxy groups -OCH3 is 1. The van der Waals surface area contributed by atoms with Gasteiger partial charge in [0.05, 0.1) is 10.6 Å². The topological polar surface area (TPSA) is 84.5 Å². The van der Waals surface area contributed by atoms with Crippen LogP contribution in [-0.4, -0.2) is 34.6 Å². The highest BCUT2D eigenvalue weighted by atomic mass is 32.2. The summed E-state index contributed by atoms with van der Waals surface area (Å²) in [6, 6.07) is 7.80. The molecule has 0 aliphatic carbocycles. The van der Waals surface area contributed by atoms with Gasteiger partial charge in [0.2, 0.25) is 0 Å². The van der Waals surface area contributed by atoms with E-state index in [0.717, 1.165) is 12.1 Å². The molecular weight excluding hydrogens is 366 g/mol. The van der Waals surface area contributed by atoms with Crippen molar-refractivity contribution in [1.82, 2.24) is 5.32 Å². The molecule has 0 unspecified atom stereocenters. The van der Waals surface area contributed by atoms with Crippen molar-refractivity contribution in [3.8, 4) is 0 Å². The van der Waals surface area contributed by atoms with Crippen molar-refractivity contribution >= 4 is 21.6 Å². The van der Waals surface area contributed by atoms with Crippen molar-refractivity contribution in [3.05, 3.63) is 59.7 Å². The number of amides is 1. The molecule has 0 aromatic heterocycles. The van der Waals surface area contributed by atoms with Crippen LogP contribution in [0.15, 0.2) is 47.4 Å². The molecule has 0 saturated carbocycles. The minimum atomic E-state index is -4.15. The Morgan fingerprint density at radius 3 is 2.62 bits per heavy atom. The van der Waals surface area contributed by atoms with Crippen LogP contribution in [0.1, 0.15) is 16.8 Å². The lowest BCUT2D eigenvalue weighted by molar-refractivity contribution is 0.0948. The molecule has 0 aliphatic heterocycles. The SMILES string of the molecule is COCCCNC(=O)c1cccc(S(=O)(=O)Nc2ccc(F)cc2F)c1. The van der Waals surface area contributed by atoms with Crippen LogP contribution in [0.2, 0.25) is 0 Å². The van der Waals surface area contributed by atoms with E-state index < -0.39 is 27.6 Å². The fourth-order valence-corrected chi connectivity index (χ4v) is 3.21. The molecule has 2 rings (SSSR count). The minimum absolute atomic E-state index is 0.143. The molecule has 0 bridgehead atoms. The van der Waals surface area contributed by atoms with Gasteiger partial charge >= 0.3 is 0 Å². The third-order valence-corrected chi connectivity index (χ3v) is 4.76. The first-order chi connectivity index (χ1) is 12.3. The molecule has 2 aromatic rings. The summed E-state index contributed by atoms with van der Waals surface area (Å²) in [5, 5.41) is 2.64. The van der Waals surface area contributed by atoms with Crippen LogP contribution in [0.4, 0.5) is 14.5 Å². The lowest BCUT2D eigenvalue weighted by atomic mass is 10.2. The highest BCUT2D eigenvalue weighted by Gasteiger charge is 2.18. The van der Waals surface area contributed by atoms with E-state index in [4.69, 9.17) is 4.74 Å². The normalized spacial score (nSPS) is 11.2. The first kappa shape index (κ1) is 19.8. The van der Waals surface area contributed by atoms with Gasteiger partial charge < -0.3 is 10.1 Å². The molecule has 0 fully saturated rings. The first-order valence-electron chi connectivity index (χ1n) is 7.68. The lowest BCUT2D eigenvalue weighted by Crippen LogP contribution is -2.25. The van der Waals surface area contributed by atoms with E-state index in [0.29, 0.717) is 25.6 Å². The van der Waals surface area contributed by atoms with Gasteiger partial charge in [-0.2, -0.15) is 0 Å². The second kappa shape index (κ2) is 8.72. The van der Waals surface area contributed by atoms with Crippen LogP contribution in [-0.2, 0) is 14.8 Å². The number of rotatable bonds is 8. The monoisotopic (exact) mass is 384 g/mol. The van der Waals surface area contributed by atoms with E-state index >= 15 is 0 Å². The van der Waals surface area contributed by atoms with E-state index in [9.17, 15) is 22.0 Å². The molecule has 2 N–H and O–H groups in total. The fourth-order valence-electron chi connectivity index (χ4n) is 2.10. The average molecular weight is 384 g/mol. The third kappa shape index (κ3) is 5.24. The number of carbonyl (C=O) groups excluding carboxylic acids is 1. The van der Waals surface area contributed by atoms with E-state index in [1.54, 1.807) is 7.11 Å². The number of nitrogens with one attached hydrogen (secondary N) is 2. The summed E-state index contributed by atoms with van der Waals surface area (Å²) in [5.74, 6) is -2.30. The molecule has 0 aliphatic rings. The second-order valence-electron chi connectivity index (χ2n) is 5.36. The van der Waals surface area contributed by atoms with Crippen molar-refractivity contribution in [3.63, 3.8) is 0 Å². The van der Waals surface area contributed by atoms with Crippen LogP contribution < -0.4 is 10.0 Å². The summed E-state index contributed by atoms with van der Waals surface area (Å²) >= 11 is 0. The summed E-state index contributed by atoms with van der Waals surface area (Å²) in [5.41, 5.74) is -0.245. The van der Waals surface area contributed by atoms with Crippen LogP contribution >= 0.6 is 0 Å². The summed E-state index contributed by atoms with van der Waals surface area (Å²) < 4.78 is 58.3.